The molecule has 0 spiro atoms. The molecule has 0 aromatic heterocycles. The highest BCUT2D eigenvalue weighted by atomic mass is 31.2. The van der Waals surface area contributed by atoms with Crippen molar-refractivity contribution >= 4 is 13.7 Å². The van der Waals surface area contributed by atoms with E-state index in [1.54, 1.807) is 6.08 Å². The number of unbranched alkanes of at least 4 members (excludes halogenated alkanes) is 18. The van der Waals surface area contributed by atoms with E-state index in [9.17, 15) is 19.4 Å². The molecule has 52 heavy (non-hydrogen) atoms. The van der Waals surface area contributed by atoms with Crippen molar-refractivity contribution in [3.05, 3.63) is 48.6 Å². The van der Waals surface area contributed by atoms with Gasteiger partial charge in [0.15, 0.2) is 0 Å². The van der Waals surface area contributed by atoms with E-state index >= 15 is 0 Å². The number of hydrogen-bond acceptors (Lipinski definition) is 6. The third-order valence-corrected chi connectivity index (χ3v) is 9.98. The highest BCUT2D eigenvalue weighted by molar-refractivity contribution is 7.45. The Hall–Kier alpha value is -1.54. The predicted molar refractivity (Wildman–Crippen MR) is 219 cm³/mol. The van der Waals surface area contributed by atoms with Gasteiger partial charge in [-0.05, 0) is 64.2 Å². The Kier molecular flexibility index (Phi) is 34.1. The number of carbonyl (C=O) groups excluding carboxylic acids is 1. The lowest BCUT2D eigenvalue weighted by Crippen LogP contribution is -2.45. The molecule has 8 nitrogen and oxygen atoms in total. The van der Waals surface area contributed by atoms with E-state index in [0.717, 1.165) is 64.2 Å². The fraction of sp³-hybridized carbons (Fsp3) is 0.791. The molecule has 0 rings (SSSR count). The molecule has 1 unspecified atom stereocenters. The number of hydrogen-bond donors (Lipinski definition) is 2. The van der Waals surface area contributed by atoms with E-state index in [0.29, 0.717) is 17.4 Å². The number of allylic oxidation sites excluding steroid dienone is 7. The quantitative estimate of drug-likeness (QED) is 0.0283. The summed E-state index contributed by atoms with van der Waals surface area (Å²) in [7, 11) is 1.23. The van der Waals surface area contributed by atoms with Crippen LogP contribution in [0.15, 0.2) is 48.6 Å². The normalized spacial score (nSPS) is 15.0. The van der Waals surface area contributed by atoms with Crippen LogP contribution >= 0.6 is 7.82 Å². The van der Waals surface area contributed by atoms with E-state index in [1.165, 1.54) is 83.5 Å². The van der Waals surface area contributed by atoms with Crippen molar-refractivity contribution in [2.75, 3.05) is 40.9 Å². The summed E-state index contributed by atoms with van der Waals surface area (Å²) in [5, 5.41) is 13.7. The van der Waals surface area contributed by atoms with Crippen molar-refractivity contribution in [3.8, 4) is 0 Å². The van der Waals surface area contributed by atoms with Crippen LogP contribution in [0.1, 0.15) is 168 Å². The highest BCUT2D eigenvalue weighted by Gasteiger charge is 2.23. The molecule has 0 aromatic rings. The molecule has 0 radical (unpaired) electrons. The molecule has 0 saturated heterocycles. The first-order valence-corrected chi connectivity index (χ1v) is 22.5. The molecule has 0 aliphatic carbocycles. The molecule has 0 saturated carbocycles. The van der Waals surface area contributed by atoms with Gasteiger partial charge < -0.3 is 28.8 Å². The Morgan fingerprint density at radius 1 is 0.673 bits per heavy atom. The van der Waals surface area contributed by atoms with Crippen LogP contribution < -0.4 is 10.2 Å². The zero-order valence-electron chi connectivity index (χ0n) is 34.2. The number of amides is 1. The molecule has 0 aliphatic heterocycles. The van der Waals surface area contributed by atoms with Gasteiger partial charge in [-0.3, -0.25) is 9.36 Å². The van der Waals surface area contributed by atoms with Crippen LogP contribution in [0.4, 0.5) is 0 Å². The molecule has 304 valence electrons. The first-order valence-electron chi connectivity index (χ1n) is 21.0. The van der Waals surface area contributed by atoms with Gasteiger partial charge in [0.05, 0.1) is 39.9 Å². The third kappa shape index (κ3) is 36.8. The summed E-state index contributed by atoms with van der Waals surface area (Å²) in [6.45, 7) is 4.56. The van der Waals surface area contributed by atoms with Crippen molar-refractivity contribution in [3.63, 3.8) is 0 Å². The number of aliphatic hydroxyl groups excluding tert-OH is 1. The summed E-state index contributed by atoms with van der Waals surface area (Å²) in [5.74, 6) is -0.224. The summed E-state index contributed by atoms with van der Waals surface area (Å²) in [6.07, 6.45) is 42.9. The van der Waals surface area contributed by atoms with Crippen molar-refractivity contribution < 1.29 is 32.9 Å². The summed E-state index contributed by atoms with van der Waals surface area (Å²) < 4.78 is 23.1. The zero-order chi connectivity index (χ0) is 38.6. The number of aliphatic hydroxyl groups is 1. The number of phosphoric acid groups is 1. The van der Waals surface area contributed by atoms with Crippen LogP contribution in [0.25, 0.3) is 0 Å². The van der Waals surface area contributed by atoms with Gasteiger partial charge in [0.25, 0.3) is 7.82 Å². The molecular weight excluding hydrogens is 671 g/mol. The molecule has 0 aromatic carbocycles. The van der Waals surface area contributed by atoms with E-state index in [4.69, 9.17) is 9.05 Å². The van der Waals surface area contributed by atoms with Crippen LogP contribution in [0.3, 0.4) is 0 Å². The highest BCUT2D eigenvalue weighted by Crippen LogP contribution is 2.38. The second-order valence-corrected chi connectivity index (χ2v) is 16.7. The van der Waals surface area contributed by atoms with Crippen LogP contribution in [-0.4, -0.2) is 68.5 Å². The minimum absolute atomic E-state index is 0.0107. The molecule has 0 fully saturated rings. The van der Waals surface area contributed by atoms with E-state index in [1.807, 2.05) is 27.2 Å². The molecule has 2 N–H and O–H groups in total. The monoisotopic (exact) mass is 753 g/mol. The largest absolute Gasteiger partial charge is 0.756 e. The van der Waals surface area contributed by atoms with Crippen molar-refractivity contribution in [1.29, 1.82) is 0 Å². The van der Waals surface area contributed by atoms with Gasteiger partial charge in [-0.2, -0.15) is 0 Å². The van der Waals surface area contributed by atoms with E-state index < -0.39 is 26.6 Å². The molecule has 0 bridgehead atoms. The summed E-state index contributed by atoms with van der Waals surface area (Å²) >= 11 is 0. The number of phosphoric ester groups is 1. The van der Waals surface area contributed by atoms with Crippen LogP contribution in [0.5, 0.6) is 0 Å². The third-order valence-electron chi connectivity index (χ3n) is 9.01. The average Bonchev–Trinajstić information content (AvgIpc) is 3.09. The van der Waals surface area contributed by atoms with Gasteiger partial charge >= 0.3 is 0 Å². The number of quaternary nitrogens is 1. The van der Waals surface area contributed by atoms with Gasteiger partial charge in [0.2, 0.25) is 5.91 Å². The van der Waals surface area contributed by atoms with Gasteiger partial charge in [-0.15, -0.1) is 0 Å². The lowest BCUT2D eigenvalue weighted by molar-refractivity contribution is -0.870. The second-order valence-electron chi connectivity index (χ2n) is 15.3. The summed E-state index contributed by atoms with van der Waals surface area (Å²) in [6, 6.07) is -0.909. The standard InChI is InChI=1S/C43H81N2O6P/c1-6-8-10-12-14-16-18-20-22-24-26-28-30-32-34-36-42(46)41(40-51-52(48,49)50-39-38-45(3,4)5)44-43(47)37-35-33-31-29-27-25-23-21-19-17-15-13-11-9-7-2/h15,17,21,23,26,28,34,36,41-42,46H,6-14,16,18-20,22,24-25,27,29-33,35,37-40H2,1-5H3,(H-,44,47,48,49)/b17-15+,23-21+,28-26+,36-34+/t41-,42+/m0/s1. The van der Waals surface area contributed by atoms with Crippen LogP contribution in [0, 0.1) is 0 Å². The summed E-state index contributed by atoms with van der Waals surface area (Å²) in [4.78, 5) is 25.2. The van der Waals surface area contributed by atoms with Crippen molar-refractivity contribution in [1.82, 2.24) is 5.32 Å². The number of rotatable bonds is 37. The maximum Gasteiger partial charge on any atom is 0.268 e. The van der Waals surface area contributed by atoms with Gasteiger partial charge in [-0.1, -0.05) is 146 Å². The van der Waals surface area contributed by atoms with Gasteiger partial charge in [-0.25, -0.2) is 0 Å². The Labute approximate surface area is 320 Å². The summed E-state index contributed by atoms with van der Waals surface area (Å²) in [5.41, 5.74) is 0. The lowest BCUT2D eigenvalue weighted by atomic mass is 10.1. The number of carbonyl (C=O) groups is 1. The SMILES string of the molecule is CCCCC/C=C/C/C=C/CCCCCCCC(=O)N[C@@H](COP(=O)([O-])OCC[N+](C)(C)C)[C@H](O)/C=C/CC/C=C/CCCCCCCCCCC. The molecule has 1 amide bonds. The number of nitrogens with one attached hydrogen (secondary N) is 1. The van der Waals surface area contributed by atoms with E-state index in [2.05, 4.69) is 55.6 Å². The molecule has 0 aliphatic rings. The fourth-order valence-corrected chi connectivity index (χ4v) is 6.33. The van der Waals surface area contributed by atoms with Crippen molar-refractivity contribution in [2.45, 2.75) is 180 Å². The van der Waals surface area contributed by atoms with Gasteiger partial charge in [0, 0.05) is 6.42 Å². The van der Waals surface area contributed by atoms with Crippen LogP contribution in [0.2, 0.25) is 0 Å². The fourth-order valence-electron chi connectivity index (χ4n) is 5.61. The Morgan fingerprint density at radius 3 is 1.71 bits per heavy atom. The molecule has 9 heteroatoms. The minimum atomic E-state index is -4.60. The molecule has 0 heterocycles. The first kappa shape index (κ1) is 50.5. The number of nitrogens with zero attached hydrogens (tertiary/aromatic N) is 1. The predicted octanol–water partition coefficient (Wildman–Crippen LogP) is 10.7. The maximum atomic E-state index is 12.8. The minimum Gasteiger partial charge on any atom is -0.756 e. The molecule has 3 atom stereocenters. The Bertz CT molecular complexity index is 991. The second kappa shape index (κ2) is 35.2. The molecular formula is C43H81N2O6P. The average molecular weight is 753 g/mol. The van der Waals surface area contributed by atoms with Crippen molar-refractivity contribution in [2.24, 2.45) is 0 Å². The topological polar surface area (TPSA) is 108 Å². The smallest absolute Gasteiger partial charge is 0.268 e. The maximum absolute atomic E-state index is 12.8. The Morgan fingerprint density at radius 2 is 1.13 bits per heavy atom. The first-order chi connectivity index (χ1) is 25.0. The number of likely N-dealkylation sites (N-methyl/N-ethyl adjacent to an activating group) is 1. The van der Waals surface area contributed by atoms with Gasteiger partial charge in [0.1, 0.15) is 13.2 Å². The van der Waals surface area contributed by atoms with E-state index in [-0.39, 0.29) is 12.5 Å². The lowest BCUT2D eigenvalue weighted by Gasteiger charge is -2.29. The van der Waals surface area contributed by atoms with Crippen LogP contribution in [-0.2, 0) is 18.4 Å². The Balaban J connectivity index is 4.57. The zero-order valence-corrected chi connectivity index (χ0v) is 35.1.